The molecular weight excluding hydrogens is 408 g/mol. The van der Waals surface area contributed by atoms with Crippen molar-refractivity contribution in [3.63, 3.8) is 0 Å². The minimum atomic E-state index is -0.0430. The van der Waals surface area contributed by atoms with Crippen LogP contribution in [0.15, 0.2) is 96.2 Å². The van der Waals surface area contributed by atoms with Crippen LogP contribution in [0.4, 0.5) is 0 Å². The number of hydrogen-bond acceptors (Lipinski definition) is 0. The maximum atomic E-state index is 2.30. The summed E-state index contributed by atoms with van der Waals surface area (Å²) in [6.45, 7) is 16.7. The van der Waals surface area contributed by atoms with E-state index in [1.807, 2.05) is 27.7 Å². The lowest BCUT2D eigenvalue weighted by atomic mass is 9.89. The maximum Gasteiger partial charge on any atom is 0.0222 e. The second kappa shape index (κ2) is 22.2. The third kappa shape index (κ3) is 15.3. The van der Waals surface area contributed by atoms with Crippen molar-refractivity contribution in [2.24, 2.45) is 5.41 Å². The summed E-state index contributed by atoms with van der Waals surface area (Å²) < 4.78 is 0. The Morgan fingerprint density at radius 2 is 1.41 bits per heavy atom. The molecule has 0 heteroatoms. The molecule has 1 aromatic carbocycles. The minimum absolute atomic E-state index is 0. The van der Waals surface area contributed by atoms with E-state index >= 15 is 0 Å². The van der Waals surface area contributed by atoms with E-state index < -0.39 is 0 Å². The van der Waals surface area contributed by atoms with Gasteiger partial charge >= 0.3 is 0 Å². The van der Waals surface area contributed by atoms with Gasteiger partial charge in [0, 0.05) is 5.41 Å². The van der Waals surface area contributed by atoms with Gasteiger partial charge in [-0.2, -0.15) is 0 Å². The molecule has 0 aliphatic heterocycles. The highest BCUT2D eigenvalue weighted by molar-refractivity contribution is 5.58. The molecule has 0 fully saturated rings. The molecule has 0 saturated carbocycles. The predicted molar refractivity (Wildman–Crippen MR) is 163 cm³/mol. The van der Waals surface area contributed by atoms with Crippen LogP contribution in [0.1, 0.15) is 101 Å². The van der Waals surface area contributed by atoms with Crippen molar-refractivity contribution in [1.82, 2.24) is 0 Å². The summed E-state index contributed by atoms with van der Waals surface area (Å²) in [7, 11) is 0. The molecule has 0 nitrogen and oxygen atoms in total. The molecule has 1 aliphatic rings. The fourth-order valence-electron chi connectivity index (χ4n) is 3.01. The molecule has 0 saturated heterocycles. The average molecular weight is 463 g/mol. The summed E-state index contributed by atoms with van der Waals surface area (Å²) in [5, 5.41) is 0. The van der Waals surface area contributed by atoms with Gasteiger partial charge in [0.25, 0.3) is 0 Å². The maximum absolute atomic E-state index is 2.30. The van der Waals surface area contributed by atoms with Gasteiger partial charge in [0.15, 0.2) is 0 Å². The largest absolute Gasteiger partial charge is 0.0885 e. The van der Waals surface area contributed by atoms with Gasteiger partial charge in [-0.25, -0.2) is 0 Å². The summed E-state index contributed by atoms with van der Waals surface area (Å²) in [4.78, 5) is 0. The molecule has 0 spiro atoms. The fraction of sp³-hybridized carbons (Fsp3) is 0.412. The smallest absolute Gasteiger partial charge is 0.0222 e. The zero-order valence-corrected chi connectivity index (χ0v) is 21.9. The van der Waals surface area contributed by atoms with E-state index in [-0.39, 0.29) is 20.3 Å². The first kappa shape index (κ1) is 36.0. The highest BCUT2D eigenvalue weighted by Gasteiger charge is 2.13. The second-order valence-corrected chi connectivity index (χ2v) is 7.57. The SMILES string of the molecule is C.C.CC.CC.CC/C=C\CC(/C=C/c1ccc(/C=C/C2(C)C=CC=C(C)C=C2)cc1)=C\CC. The Morgan fingerprint density at radius 3 is 1.97 bits per heavy atom. The molecule has 1 aromatic rings. The molecular formula is C34H54. The van der Waals surface area contributed by atoms with Gasteiger partial charge in [0.2, 0.25) is 0 Å². The van der Waals surface area contributed by atoms with E-state index in [2.05, 4.69) is 125 Å². The quantitative estimate of drug-likeness (QED) is 0.266. The lowest BCUT2D eigenvalue weighted by Crippen LogP contribution is -2.03. The van der Waals surface area contributed by atoms with Crippen LogP contribution >= 0.6 is 0 Å². The molecule has 190 valence electrons. The molecule has 0 amide bonds. The molecule has 0 radical (unpaired) electrons. The van der Waals surface area contributed by atoms with E-state index in [0.717, 1.165) is 19.3 Å². The molecule has 1 aliphatic carbocycles. The Kier molecular flexibility index (Phi) is 23.5. The predicted octanol–water partition coefficient (Wildman–Crippen LogP) is 11.8. The first-order valence-electron chi connectivity index (χ1n) is 12.4. The summed E-state index contributed by atoms with van der Waals surface area (Å²) in [5.41, 5.74) is 5.08. The molecule has 0 N–H and O–H groups in total. The van der Waals surface area contributed by atoms with Crippen molar-refractivity contribution in [2.45, 2.75) is 89.5 Å². The summed E-state index contributed by atoms with van der Waals surface area (Å²) in [5.74, 6) is 0. The first-order valence-corrected chi connectivity index (χ1v) is 12.4. The minimum Gasteiger partial charge on any atom is -0.0885 e. The zero-order chi connectivity index (χ0) is 24.2. The van der Waals surface area contributed by atoms with E-state index in [9.17, 15) is 0 Å². The highest BCUT2D eigenvalue weighted by Crippen LogP contribution is 2.26. The second-order valence-electron chi connectivity index (χ2n) is 7.57. The van der Waals surface area contributed by atoms with Crippen LogP contribution in [0, 0.1) is 5.41 Å². The lowest BCUT2D eigenvalue weighted by Gasteiger charge is -2.15. The van der Waals surface area contributed by atoms with E-state index in [0.29, 0.717) is 0 Å². The monoisotopic (exact) mass is 462 g/mol. The Bertz CT molecular complexity index is 819. The Hall–Kier alpha value is -2.60. The van der Waals surface area contributed by atoms with Crippen molar-refractivity contribution < 1.29 is 0 Å². The van der Waals surface area contributed by atoms with Crippen LogP contribution in [0.2, 0.25) is 0 Å². The lowest BCUT2D eigenvalue weighted by molar-refractivity contribution is 0.721. The van der Waals surface area contributed by atoms with Crippen LogP contribution in [-0.2, 0) is 0 Å². The highest BCUT2D eigenvalue weighted by atomic mass is 14.2. The third-order valence-electron chi connectivity index (χ3n) is 4.80. The van der Waals surface area contributed by atoms with Crippen LogP contribution in [0.5, 0.6) is 0 Å². The molecule has 0 heterocycles. The van der Waals surface area contributed by atoms with Crippen molar-refractivity contribution in [3.8, 4) is 0 Å². The molecule has 2 rings (SSSR count). The Morgan fingerprint density at radius 1 is 0.824 bits per heavy atom. The molecule has 0 bridgehead atoms. The van der Waals surface area contributed by atoms with Crippen LogP contribution in [0.3, 0.4) is 0 Å². The molecule has 34 heavy (non-hydrogen) atoms. The zero-order valence-electron chi connectivity index (χ0n) is 21.9. The van der Waals surface area contributed by atoms with Crippen LogP contribution < -0.4 is 0 Å². The normalized spacial score (nSPS) is 17.2. The number of allylic oxidation sites excluding steroid dienone is 12. The Labute approximate surface area is 214 Å². The van der Waals surface area contributed by atoms with Gasteiger partial charge < -0.3 is 0 Å². The van der Waals surface area contributed by atoms with Gasteiger partial charge in [-0.05, 0) is 49.8 Å². The van der Waals surface area contributed by atoms with E-state index in [4.69, 9.17) is 0 Å². The van der Waals surface area contributed by atoms with Gasteiger partial charge in [0.05, 0.1) is 0 Å². The number of benzene rings is 1. The average Bonchev–Trinajstić information content (AvgIpc) is 3.00. The standard InChI is InChI=1S/C28H34.2C2H6.2CH4/c1-5-7-8-12-25(10-6-2)13-14-26-15-17-27(18-16-26)20-23-28(4)21-9-11-24(3)19-22-28;2*1-2;;/h7-11,13-23H,5-6,12H2,1-4H3;2*1-2H3;2*1H4/b8-7-,14-13+,23-20+,25-10+;;;;. The van der Waals surface area contributed by atoms with Gasteiger partial charge in [0.1, 0.15) is 0 Å². The first-order chi connectivity index (χ1) is 15.5. The van der Waals surface area contributed by atoms with Crippen LogP contribution in [0.25, 0.3) is 12.2 Å². The molecule has 0 aromatic heterocycles. The van der Waals surface area contributed by atoms with Gasteiger partial charge in [-0.1, -0.05) is 159 Å². The summed E-state index contributed by atoms with van der Waals surface area (Å²) in [6, 6.07) is 8.75. The fourth-order valence-corrected chi connectivity index (χ4v) is 3.01. The van der Waals surface area contributed by atoms with Crippen molar-refractivity contribution >= 4 is 12.2 Å². The summed E-state index contributed by atoms with van der Waals surface area (Å²) in [6.07, 6.45) is 29.9. The van der Waals surface area contributed by atoms with E-state index in [1.165, 1.54) is 22.3 Å². The number of hydrogen-bond donors (Lipinski definition) is 0. The van der Waals surface area contributed by atoms with Gasteiger partial charge in [-0.3, -0.25) is 0 Å². The third-order valence-corrected chi connectivity index (χ3v) is 4.80. The van der Waals surface area contributed by atoms with Crippen molar-refractivity contribution in [3.05, 3.63) is 107 Å². The van der Waals surface area contributed by atoms with E-state index in [1.54, 1.807) is 0 Å². The molecule has 1 unspecified atom stereocenters. The van der Waals surface area contributed by atoms with Crippen molar-refractivity contribution in [2.75, 3.05) is 0 Å². The van der Waals surface area contributed by atoms with Gasteiger partial charge in [-0.15, -0.1) is 0 Å². The summed E-state index contributed by atoms with van der Waals surface area (Å²) >= 11 is 0. The van der Waals surface area contributed by atoms with Crippen molar-refractivity contribution in [1.29, 1.82) is 0 Å². The van der Waals surface area contributed by atoms with Crippen LogP contribution in [-0.4, -0.2) is 0 Å². The Balaban J connectivity index is -0.00000152. The molecule has 1 atom stereocenters. The topological polar surface area (TPSA) is 0 Å². The number of rotatable bonds is 8.